The third kappa shape index (κ3) is 4.63. The van der Waals surface area contributed by atoms with E-state index in [2.05, 4.69) is 24.3 Å². The molecule has 1 unspecified atom stereocenters. The van der Waals surface area contributed by atoms with Crippen LogP contribution in [0.3, 0.4) is 0 Å². The summed E-state index contributed by atoms with van der Waals surface area (Å²) in [4.78, 5) is 13.9. The van der Waals surface area contributed by atoms with Crippen LogP contribution in [0.2, 0.25) is 0 Å². The van der Waals surface area contributed by atoms with Gasteiger partial charge in [-0.25, -0.2) is 8.78 Å². The van der Waals surface area contributed by atoms with Gasteiger partial charge in [0.1, 0.15) is 0 Å². The first-order valence-corrected chi connectivity index (χ1v) is 8.14. The predicted molar refractivity (Wildman–Crippen MR) is 91.7 cm³/mol. The van der Waals surface area contributed by atoms with Crippen LogP contribution in [-0.4, -0.2) is 17.9 Å². The molecule has 0 spiro atoms. The fraction of sp³-hybridized carbons (Fsp3) is 0.350. The number of halogens is 2. The molecule has 24 heavy (non-hydrogen) atoms. The summed E-state index contributed by atoms with van der Waals surface area (Å²) in [6.07, 6.45) is 2.04. The van der Waals surface area contributed by atoms with Crippen molar-refractivity contribution in [3.05, 3.63) is 70.8 Å². The average Bonchev–Trinajstić information content (AvgIpc) is 2.57. The van der Waals surface area contributed by atoms with Crippen LogP contribution in [0.5, 0.6) is 0 Å². The highest BCUT2D eigenvalue weighted by Crippen LogP contribution is 2.22. The summed E-state index contributed by atoms with van der Waals surface area (Å²) in [7, 11) is 1.69. The van der Waals surface area contributed by atoms with Gasteiger partial charge in [0.15, 0.2) is 11.6 Å². The predicted octanol–water partition coefficient (Wildman–Crippen LogP) is 4.82. The molecule has 2 rings (SSSR count). The maximum Gasteiger partial charge on any atom is 0.222 e. The van der Waals surface area contributed by atoms with Crippen LogP contribution in [0.4, 0.5) is 8.78 Å². The molecular weight excluding hydrogens is 308 g/mol. The van der Waals surface area contributed by atoms with E-state index in [1.807, 2.05) is 13.8 Å². The van der Waals surface area contributed by atoms with Crippen LogP contribution in [0.25, 0.3) is 0 Å². The van der Waals surface area contributed by atoms with Crippen molar-refractivity contribution in [3.63, 3.8) is 0 Å². The SMILES string of the molecule is Cc1ccc(CCCC(=O)N(C)C(C)c2ccc(F)c(F)c2)cc1. The highest BCUT2D eigenvalue weighted by Gasteiger charge is 2.18. The second kappa shape index (κ2) is 8.04. The summed E-state index contributed by atoms with van der Waals surface area (Å²) in [5.74, 6) is -1.77. The smallest absolute Gasteiger partial charge is 0.222 e. The lowest BCUT2D eigenvalue weighted by Crippen LogP contribution is -2.29. The van der Waals surface area contributed by atoms with Crippen molar-refractivity contribution in [2.75, 3.05) is 7.05 Å². The highest BCUT2D eigenvalue weighted by atomic mass is 19.2. The fourth-order valence-electron chi connectivity index (χ4n) is 2.59. The van der Waals surface area contributed by atoms with Gasteiger partial charge in [0.2, 0.25) is 5.91 Å². The van der Waals surface area contributed by atoms with Gasteiger partial charge in [-0.3, -0.25) is 4.79 Å². The number of carbonyl (C=O) groups excluding carboxylic acids is 1. The van der Waals surface area contributed by atoms with Crippen molar-refractivity contribution >= 4 is 5.91 Å². The number of amides is 1. The van der Waals surface area contributed by atoms with Gasteiger partial charge < -0.3 is 4.90 Å². The van der Waals surface area contributed by atoms with E-state index in [4.69, 9.17) is 0 Å². The molecule has 0 aliphatic heterocycles. The Balaban J connectivity index is 1.88. The van der Waals surface area contributed by atoms with Crippen molar-refractivity contribution in [3.8, 4) is 0 Å². The Morgan fingerprint density at radius 2 is 1.75 bits per heavy atom. The van der Waals surface area contributed by atoms with E-state index in [1.54, 1.807) is 11.9 Å². The summed E-state index contributed by atoms with van der Waals surface area (Å²) in [6.45, 7) is 3.85. The summed E-state index contributed by atoms with van der Waals surface area (Å²) < 4.78 is 26.4. The first-order chi connectivity index (χ1) is 11.4. The van der Waals surface area contributed by atoms with E-state index in [9.17, 15) is 13.6 Å². The van der Waals surface area contributed by atoms with Crippen molar-refractivity contribution in [1.82, 2.24) is 4.90 Å². The van der Waals surface area contributed by atoms with Crippen LogP contribution < -0.4 is 0 Å². The minimum Gasteiger partial charge on any atom is -0.339 e. The van der Waals surface area contributed by atoms with Crippen LogP contribution in [0, 0.1) is 18.6 Å². The van der Waals surface area contributed by atoms with E-state index in [1.165, 1.54) is 17.2 Å². The number of carbonyl (C=O) groups is 1. The molecule has 4 heteroatoms. The van der Waals surface area contributed by atoms with E-state index in [-0.39, 0.29) is 11.9 Å². The maximum atomic E-state index is 13.3. The quantitative estimate of drug-likeness (QED) is 0.743. The molecular formula is C20H23F2NO. The normalized spacial score (nSPS) is 12.0. The Labute approximate surface area is 142 Å². The minimum atomic E-state index is -0.889. The third-order valence-corrected chi connectivity index (χ3v) is 4.38. The van der Waals surface area contributed by atoms with Gasteiger partial charge in [-0.1, -0.05) is 35.9 Å². The number of rotatable bonds is 6. The van der Waals surface area contributed by atoms with Crippen LogP contribution in [-0.2, 0) is 11.2 Å². The fourth-order valence-corrected chi connectivity index (χ4v) is 2.59. The summed E-state index contributed by atoms with van der Waals surface area (Å²) in [5.41, 5.74) is 3.02. The van der Waals surface area contributed by atoms with Crippen LogP contribution in [0.15, 0.2) is 42.5 Å². The molecule has 128 valence electrons. The minimum absolute atomic E-state index is 0.000607. The molecule has 0 aromatic heterocycles. The second-order valence-electron chi connectivity index (χ2n) is 6.19. The Morgan fingerprint density at radius 3 is 2.38 bits per heavy atom. The van der Waals surface area contributed by atoms with Crippen molar-refractivity contribution in [1.29, 1.82) is 0 Å². The Morgan fingerprint density at radius 1 is 1.08 bits per heavy atom. The third-order valence-electron chi connectivity index (χ3n) is 4.38. The van der Waals surface area contributed by atoms with E-state index in [0.29, 0.717) is 12.0 Å². The number of hydrogen-bond acceptors (Lipinski definition) is 1. The molecule has 0 aliphatic rings. The number of nitrogens with zero attached hydrogens (tertiary/aromatic N) is 1. The molecule has 1 atom stereocenters. The van der Waals surface area contributed by atoms with Gasteiger partial charge in [0.05, 0.1) is 6.04 Å². The van der Waals surface area contributed by atoms with Gasteiger partial charge >= 0.3 is 0 Å². The van der Waals surface area contributed by atoms with E-state index in [0.717, 1.165) is 25.0 Å². The lowest BCUT2D eigenvalue weighted by molar-refractivity contribution is -0.131. The number of hydrogen-bond donors (Lipinski definition) is 0. The Hall–Kier alpha value is -2.23. The highest BCUT2D eigenvalue weighted by molar-refractivity contribution is 5.76. The second-order valence-corrected chi connectivity index (χ2v) is 6.19. The molecule has 2 aromatic rings. The lowest BCUT2D eigenvalue weighted by Gasteiger charge is -2.25. The molecule has 1 amide bonds. The lowest BCUT2D eigenvalue weighted by atomic mass is 10.0. The van der Waals surface area contributed by atoms with Gasteiger partial charge in [0.25, 0.3) is 0 Å². The molecule has 0 bridgehead atoms. The standard InChI is InChI=1S/C20H23F2NO/c1-14-7-9-16(10-8-14)5-4-6-20(24)23(3)15(2)17-11-12-18(21)19(22)13-17/h7-13,15H,4-6H2,1-3H3. The van der Waals surface area contributed by atoms with Gasteiger partial charge in [-0.05, 0) is 49.9 Å². The first kappa shape index (κ1) is 18.1. The van der Waals surface area contributed by atoms with Gasteiger partial charge in [-0.2, -0.15) is 0 Å². The monoisotopic (exact) mass is 331 g/mol. The topological polar surface area (TPSA) is 20.3 Å². The largest absolute Gasteiger partial charge is 0.339 e. The summed E-state index contributed by atoms with van der Waals surface area (Å²) in [6, 6.07) is 11.7. The first-order valence-electron chi connectivity index (χ1n) is 8.14. The molecule has 0 heterocycles. The molecule has 0 fully saturated rings. The van der Waals surface area contributed by atoms with Crippen LogP contribution >= 0.6 is 0 Å². The Bertz CT molecular complexity index is 697. The molecule has 0 saturated heterocycles. The van der Waals surface area contributed by atoms with E-state index >= 15 is 0 Å². The van der Waals surface area contributed by atoms with Crippen LogP contribution in [0.1, 0.15) is 42.5 Å². The molecule has 0 N–H and O–H groups in total. The summed E-state index contributed by atoms with van der Waals surface area (Å²) in [5, 5.41) is 0. The zero-order valence-electron chi connectivity index (χ0n) is 14.4. The molecule has 0 radical (unpaired) electrons. The van der Waals surface area contributed by atoms with Crippen molar-refractivity contribution < 1.29 is 13.6 Å². The number of benzene rings is 2. The zero-order chi connectivity index (χ0) is 17.7. The van der Waals surface area contributed by atoms with Crippen molar-refractivity contribution in [2.45, 2.75) is 39.2 Å². The van der Waals surface area contributed by atoms with Crippen molar-refractivity contribution in [2.24, 2.45) is 0 Å². The number of aryl methyl sites for hydroxylation is 2. The van der Waals surface area contributed by atoms with E-state index < -0.39 is 11.6 Å². The maximum absolute atomic E-state index is 13.3. The molecule has 2 aromatic carbocycles. The molecule has 0 aliphatic carbocycles. The van der Waals surface area contributed by atoms with Gasteiger partial charge in [0, 0.05) is 13.5 Å². The summed E-state index contributed by atoms with van der Waals surface area (Å²) >= 11 is 0. The molecule has 0 saturated carbocycles. The van der Waals surface area contributed by atoms with Gasteiger partial charge in [-0.15, -0.1) is 0 Å². The molecule has 2 nitrogen and oxygen atoms in total. The Kier molecular flexibility index (Phi) is 6.07. The zero-order valence-corrected chi connectivity index (χ0v) is 14.4. The average molecular weight is 331 g/mol.